The van der Waals surface area contributed by atoms with E-state index in [0.29, 0.717) is 11.8 Å². The minimum atomic E-state index is 0.286. The molecule has 1 nitrogen and oxygen atoms in total. The van der Waals surface area contributed by atoms with Crippen molar-refractivity contribution < 1.29 is 5.11 Å². The number of aliphatic hydroxyl groups excluding tert-OH is 1. The molecule has 0 heterocycles. The van der Waals surface area contributed by atoms with E-state index in [1.165, 1.54) is 0 Å². The summed E-state index contributed by atoms with van der Waals surface area (Å²) in [6.07, 6.45) is 2.05. The Hall–Kier alpha value is -0.0400. The van der Waals surface area contributed by atoms with Gasteiger partial charge < -0.3 is 5.11 Å². The van der Waals surface area contributed by atoms with Crippen LogP contribution in [0, 0.1) is 18.3 Å². The minimum Gasteiger partial charge on any atom is -0.396 e. The van der Waals surface area contributed by atoms with Crippen LogP contribution in [-0.2, 0) is 0 Å². The van der Waals surface area contributed by atoms with Crippen molar-refractivity contribution in [3.05, 3.63) is 6.42 Å². The topological polar surface area (TPSA) is 20.2 Å². The molecular formula is C7H15O. The molecule has 49 valence electrons. The third-order valence-corrected chi connectivity index (χ3v) is 1.50. The predicted molar refractivity (Wildman–Crippen MR) is 35.4 cm³/mol. The van der Waals surface area contributed by atoms with Gasteiger partial charge in [-0.1, -0.05) is 20.8 Å². The highest BCUT2D eigenvalue weighted by molar-refractivity contribution is 4.72. The summed E-state index contributed by atoms with van der Waals surface area (Å²) in [6, 6.07) is 0. The summed E-state index contributed by atoms with van der Waals surface area (Å²) in [6.45, 7) is 6.50. The van der Waals surface area contributed by atoms with Gasteiger partial charge in [-0.15, -0.1) is 0 Å². The van der Waals surface area contributed by atoms with E-state index in [4.69, 9.17) is 5.11 Å². The van der Waals surface area contributed by atoms with E-state index < -0.39 is 0 Å². The van der Waals surface area contributed by atoms with Crippen LogP contribution >= 0.6 is 0 Å². The van der Waals surface area contributed by atoms with Gasteiger partial charge in [0.2, 0.25) is 0 Å². The molecule has 0 rings (SSSR count). The maximum absolute atomic E-state index is 8.67. The molecule has 0 saturated heterocycles. The molecule has 1 atom stereocenters. The molecule has 0 aliphatic carbocycles. The van der Waals surface area contributed by atoms with Gasteiger partial charge >= 0.3 is 0 Å². The zero-order valence-corrected chi connectivity index (χ0v) is 5.89. The lowest BCUT2D eigenvalue weighted by molar-refractivity contribution is 0.211. The lowest BCUT2D eigenvalue weighted by Gasteiger charge is -2.14. The molecule has 1 heteroatoms. The number of hydrogen-bond donors (Lipinski definition) is 1. The molecule has 0 amide bonds. The number of aliphatic hydroxyl groups is 1. The van der Waals surface area contributed by atoms with Crippen molar-refractivity contribution in [2.45, 2.75) is 20.8 Å². The van der Waals surface area contributed by atoms with Crippen LogP contribution in [-0.4, -0.2) is 11.7 Å². The maximum Gasteiger partial charge on any atom is 0.0464 e. The largest absolute Gasteiger partial charge is 0.396 e. The fourth-order valence-corrected chi connectivity index (χ4v) is 0.701. The van der Waals surface area contributed by atoms with Gasteiger partial charge in [-0.25, -0.2) is 0 Å². The summed E-state index contributed by atoms with van der Waals surface area (Å²) in [5.41, 5.74) is 0. The van der Waals surface area contributed by atoms with Crippen LogP contribution in [0.25, 0.3) is 0 Å². The Bertz CT molecular complexity index is 46.3. The zero-order chi connectivity index (χ0) is 6.57. The Morgan fingerprint density at radius 1 is 1.50 bits per heavy atom. The molecule has 0 aromatic carbocycles. The van der Waals surface area contributed by atoms with Gasteiger partial charge in [-0.2, -0.15) is 0 Å². The summed E-state index contributed by atoms with van der Waals surface area (Å²) in [5, 5.41) is 8.67. The van der Waals surface area contributed by atoms with Crippen molar-refractivity contribution in [3.8, 4) is 0 Å². The van der Waals surface area contributed by atoms with E-state index >= 15 is 0 Å². The summed E-state index contributed by atoms with van der Waals surface area (Å²) in [4.78, 5) is 0. The summed E-state index contributed by atoms with van der Waals surface area (Å²) < 4.78 is 0. The van der Waals surface area contributed by atoms with Gasteiger partial charge in [0.1, 0.15) is 0 Å². The van der Waals surface area contributed by atoms with E-state index in [0.717, 1.165) is 0 Å². The third-order valence-electron chi connectivity index (χ3n) is 1.50. The number of hydrogen-bond acceptors (Lipinski definition) is 1. The molecule has 0 bridgehead atoms. The van der Waals surface area contributed by atoms with Crippen LogP contribution < -0.4 is 0 Å². The van der Waals surface area contributed by atoms with Crippen LogP contribution in [0.3, 0.4) is 0 Å². The zero-order valence-electron chi connectivity index (χ0n) is 5.89. The van der Waals surface area contributed by atoms with E-state index in [-0.39, 0.29) is 6.61 Å². The lowest BCUT2D eigenvalue weighted by atomic mass is 9.95. The highest BCUT2D eigenvalue weighted by Gasteiger charge is 2.07. The summed E-state index contributed by atoms with van der Waals surface area (Å²) >= 11 is 0. The lowest BCUT2D eigenvalue weighted by Crippen LogP contribution is -2.11. The van der Waals surface area contributed by atoms with Gasteiger partial charge in [-0.3, -0.25) is 0 Å². The molecule has 1 radical (unpaired) electrons. The second-order valence-electron chi connectivity index (χ2n) is 2.42. The van der Waals surface area contributed by atoms with E-state index in [1.54, 1.807) is 0 Å². The highest BCUT2D eigenvalue weighted by atomic mass is 16.3. The molecular weight excluding hydrogens is 100 g/mol. The Labute approximate surface area is 51.7 Å². The molecule has 8 heavy (non-hydrogen) atoms. The van der Waals surface area contributed by atoms with Gasteiger partial charge in [0.25, 0.3) is 0 Å². The first-order chi connectivity index (χ1) is 3.72. The Morgan fingerprint density at radius 3 is 2.00 bits per heavy atom. The summed E-state index contributed by atoms with van der Waals surface area (Å²) in [5.74, 6) is 0.958. The van der Waals surface area contributed by atoms with Crippen LogP contribution in [0.5, 0.6) is 0 Å². The molecule has 0 spiro atoms. The van der Waals surface area contributed by atoms with Crippen molar-refractivity contribution in [2.24, 2.45) is 11.8 Å². The fourth-order valence-electron chi connectivity index (χ4n) is 0.701. The normalized spacial score (nSPS) is 14.6. The van der Waals surface area contributed by atoms with Gasteiger partial charge in [0, 0.05) is 6.61 Å². The molecule has 1 N–H and O–H groups in total. The monoisotopic (exact) mass is 115 g/mol. The van der Waals surface area contributed by atoms with Gasteiger partial charge in [0.15, 0.2) is 0 Å². The molecule has 0 aromatic heterocycles. The third kappa shape index (κ3) is 2.31. The van der Waals surface area contributed by atoms with Crippen molar-refractivity contribution >= 4 is 0 Å². The molecule has 0 saturated carbocycles. The van der Waals surface area contributed by atoms with Crippen molar-refractivity contribution in [1.82, 2.24) is 0 Å². The van der Waals surface area contributed by atoms with Crippen LogP contribution in [0.15, 0.2) is 0 Å². The quantitative estimate of drug-likeness (QED) is 0.590. The van der Waals surface area contributed by atoms with E-state index in [1.807, 2.05) is 13.3 Å². The van der Waals surface area contributed by atoms with Gasteiger partial charge in [0.05, 0.1) is 0 Å². The Kier molecular flexibility index (Phi) is 3.88. The predicted octanol–water partition coefficient (Wildman–Crippen LogP) is 1.48. The van der Waals surface area contributed by atoms with Crippen molar-refractivity contribution in [1.29, 1.82) is 0 Å². The second kappa shape index (κ2) is 3.90. The first-order valence-corrected chi connectivity index (χ1v) is 3.12. The second-order valence-corrected chi connectivity index (χ2v) is 2.42. The van der Waals surface area contributed by atoms with E-state index in [2.05, 4.69) is 13.8 Å². The smallest absolute Gasteiger partial charge is 0.0464 e. The van der Waals surface area contributed by atoms with Crippen LogP contribution in [0.2, 0.25) is 0 Å². The SMILES string of the molecule is C[CH]C(CO)C(C)C. The first kappa shape index (κ1) is 7.96. The summed E-state index contributed by atoms with van der Waals surface area (Å²) in [7, 11) is 0. The first-order valence-electron chi connectivity index (χ1n) is 3.12. The van der Waals surface area contributed by atoms with Crippen molar-refractivity contribution in [2.75, 3.05) is 6.61 Å². The highest BCUT2D eigenvalue weighted by Crippen LogP contribution is 2.11. The molecule has 0 aromatic rings. The molecule has 0 aliphatic heterocycles. The maximum atomic E-state index is 8.67. The van der Waals surface area contributed by atoms with Crippen LogP contribution in [0.1, 0.15) is 20.8 Å². The average Bonchev–Trinajstić information content (AvgIpc) is 1.69. The molecule has 0 aliphatic rings. The van der Waals surface area contributed by atoms with Gasteiger partial charge in [-0.05, 0) is 18.3 Å². The number of rotatable bonds is 3. The van der Waals surface area contributed by atoms with Crippen molar-refractivity contribution in [3.63, 3.8) is 0 Å². The Morgan fingerprint density at radius 2 is 2.00 bits per heavy atom. The van der Waals surface area contributed by atoms with Crippen LogP contribution in [0.4, 0.5) is 0 Å². The Balaban J connectivity index is 3.35. The standard InChI is InChI=1S/C7H15O/c1-4-7(5-8)6(2)3/h4,6-8H,5H2,1-3H3. The fraction of sp³-hybridized carbons (Fsp3) is 0.857. The molecule has 1 unspecified atom stereocenters. The average molecular weight is 115 g/mol. The minimum absolute atomic E-state index is 0.286. The van der Waals surface area contributed by atoms with E-state index in [9.17, 15) is 0 Å². The molecule has 0 fully saturated rings.